The second-order valence-corrected chi connectivity index (χ2v) is 31.6. The molecule has 0 saturated carbocycles. The Morgan fingerprint density at radius 1 is 0.324 bits per heavy atom. The van der Waals surface area contributed by atoms with Gasteiger partial charge < -0.3 is 0 Å². The van der Waals surface area contributed by atoms with Crippen molar-refractivity contribution in [2.75, 3.05) is 0 Å². The van der Waals surface area contributed by atoms with Gasteiger partial charge in [-0.25, -0.2) is 0 Å². The molecule has 352 valence electrons. The Morgan fingerprint density at radius 3 is 1.04 bits per heavy atom. The molecule has 2 unspecified atom stereocenters. The molecule has 68 heavy (non-hydrogen) atoms. The van der Waals surface area contributed by atoms with Gasteiger partial charge in [-0.15, -0.1) is 113 Å². The first-order valence-corrected chi connectivity index (χ1v) is 32.8. The van der Waals surface area contributed by atoms with Crippen molar-refractivity contribution >= 4 is 191 Å². The summed E-state index contributed by atoms with van der Waals surface area (Å²) >= 11 is 19.7. The van der Waals surface area contributed by atoms with Crippen LogP contribution in [0.2, 0.25) is 0 Å². The molecule has 0 aliphatic carbocycles. The first kappa shape index (κ1) is 47.8. The lowest BCUT2D eigenvalue weighted by molar-refractivity contribution is 0.437. The Morgan fingerprint density at radius 2 is 0.676 bits per heavy atom. The van der Waals surface area contributed by atoms with E-state index >= 15 is 0 Å². The summed E-state index contributed by atoms with van der Waals surface area (Å²) in [5.41, 5.74) is 0. The molecule has 10 heteroatoms. The van der Waals surface area contributed by atoms with Crippen LogP contribution >= 0.6 is 113 Å². The molecule has 0 saturated heterocycles. The van der Waals surface area contributed by atoms with Gasteiger partial charge in [-0.05, 0) is 136 Å². The van der Waals surface area contributed by atoms with E-state index in [1.807, 2.05) is 113 Å². The van der Waals surface area contributed by atoms with Crippen LogP contribution in [0.15, 0.2) is 72.8 Å². The molecule has 12 aromatic rings. The van der Waals surface area contributed by atoms with Gasteiger partial charge in [0, 0.05) is 98.2 Å². The zero-order valence-electron chi connectivity index (χ0n) is 40.4. The van der Waals surface area contributed by atoms with Crippen molar-refractivity contribution in [1.29, 1.82) is 0 Å². The predicted octanol–water partition coefficient (Wildman–Crippen LogP) is 24.0. The van der Waals surface area contributed by atoms with Crippen molar-refractivity contribution in [2.45, 2.75) is 120 Å². The van der Waals surface area contributed by atoms with Crippen LogP contribution in [0.25, 0.3) is 97.5 Å². The minimum absolute atomic E-state index is 0.820. The zero-order chi connectivity index (χ0) is 46.8. The normalized spacial score (nSPS) is 13.4. The van der Waals surface area contributed by atoms with E-state index in [4.69, 9.17) is 0 Å². The van der Waals surface area contributed by atoms with Gasteiger partial charge in [-0.2, -0.15) is 0 Å². The SMILES string of the molecule is CC(C)CCCC(C)CCc1ccc(-c2cc3sc4cc5c(cc4c3s2)sc2cc(-c3ccc(CCC(C)CCCC(C)C)s3)sc25)s1.Cc1cc2sc3cc4c(cc3c2s1)sc1cc(C)sc14. The summed E-state index contributed by atoms with van der Waals surface area (Å²) in [4.78, 5) is 11.7. The van der Waals surface area contributed by atoms with E-state index in [2.05, 4.69) is 128 Å². The van der Waals surface area contributed by atoms with Crippen LogP contribution < -0.4 is 0 Å². The fourth-order valence-corrected chi connectivity index (χ4v) is 22.0. The maximum atomic E-state index is 2.49. The molecule has 0 spiro atoms. The molecule has 0 radical (unpaired) electrons. The highest BCUT2D eigenvalue weighted by atomic mass is 32.1. The van der Waals surface area contributed by atoms with E-state index in [0.717, 1.165) is 23.7 Å². The van der Waals surface area contributed by atoms with Crippen molar-refractivity contribution in [3.8, 4) is 19.5 Å². The molecule has 0 aliphatic heterocycles. The second kappa shape index (κ2) is 20.2. The highest BCUT2D eigenvalue weighted by Gasteiger charge is 2.19. The standard InChI is InChI=1S/C42H50S6.C16H10S4/c1-25(2)9-7-11-27(5)13-15-29-17-19-33(43-29)37-23-39-41(47-37)31-21-36-32(22-35(31)45-39)42-40(46-36)24-38(48-42)34-20-18-30(44-34)16-14-28(6)12-8-10-26(3)4;1-7-3-13-15(17-7)9-5-12-10(6-11(9)19-13)16-14(20-12)4-8(2)18-16/h17-28H,7-16H2,1-6H3;3-6H,1-2H3. The van der Waals surface area contributed by atoms with Gasteiger partial charge in [0.2, 0.25) is 0 Å². The van der Waals surface area contributed by atoms with Crippen molar-refractivity contribution in [3.63, 3.8) is 0 Å². The molecule has 12 rings (SSSR count). The number of benzene rings is 2. The average molecular weight is 1080 g/mol. The van der Waals surface area contributed by atoms with E-state index in [-0.39, 0.29) is 0 Å². The minimum atomic E-state index is 0.820. The summed E-state index contributed by atoms with van der Waals surface area (Å²) in [6.45, 7) is 18.6. The molecule has 10 aromatic heterocycles. The molecule has 0 bridgehead atoms. The monoisotopic (exact) mass is 1080 g/mol. The fourth-order valence-electron chi connectivity index (χ4n) is 9.77. The summed E-state index contributed by atoms with van der Waals surface area (Å²) in [6, 6.07) is 28.9. The van der Waals surface area contributed by atoms with Gasteiger partial charge in [-0.1, -0.05) is 80.1 Å². The predicted molar refractivity (Wildman–Crippen MR) is 324 cm³/mol. The quantitative estimate of drug-likeness (QED) is 0.0905. The van der Waals surface area contributed by atoms with E-state index < -0.39 is 0 Å². The minimum Gasteiger partial charge on any atom is -0.139 e. The summed E-state index contributed by atoms with van der Waals surface area (Å²) in [6.07, 6.45) is 13.3. The Balaban J connectivity index is 0.000000208. The van der Waals surface area contributed by atoms with Gasteiger partial charge in [0.05, 0.1) is 18.8 Å². The number of fused-ring (bicyclic) bond motifs is 12. The van der Waals surface area contributed by atoms with Gasteiger partial charge >= 0.3 is 0 Å². The summed E-state index contributed by atoms with van der Waals surface area (Å²) < 4.78 is 17.4. The van der Waals surface area contributed by atoms with Crippen LogP contribution in [0.4, 0.5) is 0 Å². The van der Waals surface area contributed by atoms with E-state index in [1.165, 1.54) is 171 Å². The van der Waals surface area contributed by atoms with Gasteiger partial charge in [-0.3, -0.25) is 0 Å². The highest BCUT2D eigenvalue weighted by molar-refractivity contribution is 7.37. The maximum Gasteiger partial charge on any atom is 0.0536 e. The van der Waals surface area contributed by atoms with Crippen LogP contribution in [0.5, 0.6) is 0 Å². The maximum absolute atomic E-state index is 2.49. The lowest BCUT2D eigenvalue weighted by atomic mass is 9.96. The van der Waals surface area contributed by atoms with Crippen molar-refractivity contribution in [1.82, 2.24) is 0 Å². The first-order valence-electron chi connectivity index (χ1n) is 24.6. The molecular formula is C58H60S10. The lowest BCUT2D eigenvalue weighted by Crippen LogP contribution is -1.98. The first-order chi connectivity index (χ1) is 32.9. The van der Waals surface area contributed by atoms with Crippen LogP contribution in [-0.4, -0.2) is 0 Å². The summed E-state index contributed by atoms with van der Waals surface area (Å²) in [5.74, 6) is 3.30. The Kier molecular flexibility index (Phi) is 14.2. The van der Waals surface area contributed by atoms with Crippen LogP contribution in [0.1, 0.15) is 112 Å². The molecule has 10 heterocycles. The number of hydrogen-bond acceptors (Lipinski definition) is 10. The number of thiophene rings is 10. The van der Waals surface area contributed by atoms with Crippen molar-refractivity contribution in [3.05, 3.63) is 92.3 Å². The third-order valence-electron chi connectivity index (χ3n) is 13.6. The largest absolute Gasteiger partial charge is 0.139 e. The summed E-state index contributed by atoms with van der Waals surface area (Å²) in [5, 5.41) is 5.78. The lowest BCUT2D eigenvalue weighted by Gasteiger charge is -2.11. The van der Waals surface area contributed by atoms with E-state index in [0.29, 0.717) is 0 Å². The van der Waals surface area contributed by atoms with Crippen LogP contribution in [0, 0.1) is 37.5 Å². The van der Waals surface area contributed by atoms with E-state index in [9.17, 15) is 0 Å². The van der Waals surface area contributed by atoms with Gasteiger partial charge in [0.15, 0.2) is 0 Å². The number of hydrogen-bond donors (Lipinski definition) is 0. The van der Waals surface area contributed by atoms with Crippen LogP contribution in [0.3, 0.4) is 0 Å². The topological polar surface area (TPSA) is 0 Å². The zero-order valence-corrected chi connectivity index (χ0v) is 48.6. The summed E-state index contributed by atoms with van der Waals surface area (Å²) in [7, 11) is 0. The van der Waals surface area contributed by atoms with E-state index in [1.54, 1.807) is 9.75 Å². The van der Waals surface area contributed by atoms with Crippen LogP contribution in [-0.2, 0) is 12.8 Å². The molecule has 0 N–H and O–H groups in total. The number of aryl methyl sites for hydroxylation is 4. The van der Waals surface area contributed by atoms with Crippen molar-refractivity contribution < 1.29 is 0 Å². The molecule has 0 fully saturated rings. The third kappa shape index (κ3) is 10.0. The van der Waals surface area contributed by atoms with Crippen molar-refractivity contribution in [2.24, 2.45) is 23.7 Å². The Bertz CT molecular complexity index is 3430. The molecule has 2 aromatic carbocycles. The highest BCUT2D eigenvalue weighted by Crippen LogP contribution is 2.50. The van der Waals surface area contributed by atoms with Gasteiger partial charge in [0.1, 0.15) is 0 Å². The van der Waals surface area contributed by atoms with Gasteiger partial charge in [0.25, 0.3) is 0 Å². The Hall–Kier alpha value is -2.48. The molecule has 0 amide bonds. The fraction of sp³-hybridized carbons (Fsp3) is 0.379. The average Bonchev–Trinajstić information content (AvgIpc) is 4.14. The molecule has 0 aliphatic rings. The number of rotatable bonds is 16. The molecule has 2 atom stereocenters. The second-order valence-electron chi connectivity index (χ2n) is 20.3. The third-order valence-corrected chi connectivity index (χ3v) is 25.7. The molecular weight excluding hydrogens is 1020 g/mol. The Labute approximate surface area is 441 Å². The smallest absolute Gasteiger partial charge is 0.0536 e. The molecule has 0 nitrogen and oxygen atoms in total.